The maximum Gasteiger partial charge on any atom is 0.189 e. The third kappa shape index (κ3) is 3.69. The zero-order chi connectivity index (χ0) is 11.1. The molecule has 0 aromatic carbocycles. The third-order valence-electron chi connectivity index (χ3n) is 1.75. The first kappa shape index (κ1) is 13.5. The van der Waals surface area contributed by atoms with Crippen LogP contribution in [0.5, 0.6) is 0 Å². The molecule has 84 valence electrons. The predicted molar refractivity (Wildman–Crippen MR) is 46.8 cm³/mol. The number of Topliss-reactive ketones (excluding diaryl/α,β-unsaturated/α-hetero) is 1. The summed E-state index contributed by atoms with van der Waals surface area (Å²) in [5.41, 5.74) is 0. The summed E-state index contributed by atoms with van der Waals surface area (Å²) in [6, 6.07) is 0. The van der Waals surface area contributed by atoms with Gasteiger partial charge in [-0.1, -0.05) is 0 Å². The van der Waals surface area contributed by atoms with Crippen molar-refractivity contribution in [2.45, 2.75) is 18.3 Å². The number of aliphatic hydroxyl groups excluding tert-OH is 3. The summed E-state index contributed by atoms with van der Waals surface area (Å²) in [6.45, 7) is -0.852. The van der Waals surface area contributed by atoms with Crippen LogP contribution in [0.25, 0.3) is 0 Å². The van der Waals surface area contributed by atoms with Gasteiger partial charge in [0, 0.05) is 14.2 Å². The van der Waals surface area contributed by atoms with Crippen molar-refractivity contribution < 1.29 is 29.6 Å². The van der Waals surface area contributed by atoms with E-state index in [2.05, 4.69) is 4.74 Å². The molecule has 0 fully saturated rings. The van der Waals surface area contributed by atoms with Crippen LogP contribution in [0.15, 0.2) is 0 Å². The minimum absolute atomic E-state index is 0.215. The van der Waals surface area contributed by atoms with Crippen LogP contribution in [-0.4, -0.2) is 66.8 Å². The maximum atomic E-state index is 11.2. The average molecular weight is 208 g/mol. The first-order chi connectivity index (χ1) is 6.58. The quantitative estimate of drug-likeness (QED) is 0.445. The summed E-state index contributed by atoms with van der Waals surface area (Å²) in [5, 5.41) is 27.0. The summed E-state index contributed by atoms with van der Waals surface area (Å²) in [5.74, 6) is -0.491. The molecule has 6 nitrogen and oxygen atoms in total. The topological polar surface area (TPSA) is 96.2 Å². The van der Waals surface area contributed by atoms with Crippen LogP contribution < -0.4 is 0 Å². The molecule has 0 aliphatic heterocycles. The van der Waals surface area contributed by atoms with Crippen molar-refractivity contribution in [3.8, 4) is 0 Å². The van der Waals surface area contributed by atoms with Gasteiger partial charge < -0.3 is 24.8 Å². The summed E-state index contributed by atoms with van der Waals surface area (Å²) in [6.07, 6.45) is -4.04. The average Bonchev–Trinajstić information content (AvgIpc) is 2.18. The lowest BCUT2D eigenvalue weighted by Gasteiger charge is -2.23. The molecule has 0 bridgehead atoms. The second-order valence-electron chi connectivity index (χ2n) is 2.80. The number of ether oxygens (including phenoxy) is 2. The number of aliphatic hydroxyl groups is 3. The molecule has 0 amide bonds. The van der Waals surface area contributed by atoms with Crippen LogP contribution in [0, 0.1) is 0 Å². The van der Waals surface area contributed by atoms with Crippen molar-refractivity contribution in [2.24, 2.45) is 0 Å². The molecule has 0 saturated heterocycles. The Labute approximate surface area is 82.1 Å². The lowest BCUT2D eigenvalue weighted by atomic mass is 10.1. The van der Waals surface area contributed by atoms with Crippen LogP contribution in [0.1, 0.15) is 0 Å². The number of hydrogen-bond acceptors (Lipinski definition) is 6. The van der Waals surface area contributed by atoms with Crippen molar-refractivity contribution in [2.75, 3.05) is 27.4 Å². The highest BCUT2D eigenvalue weighted by atomic mass is 16.5. The van der Waals surface area contributed by atoms with Gasteiger partial charge in [0.25, 0.3) is 0 Å². The Morgan fingerprint density at radius 2 is 1.93 bits per heavy atom. The number of methoxy groups -OCH3 is 2. The van der Waals surface area contributed by atoms with Crippen molar-refractivity contribution in [1.82, 2.24) is 0 Å². The highest BCUT2D eigenvalue weighted by Crippen LogP contribution is 2.05. The smallest absolute Gasteiger partial charge is 0.189 e. The van der Waals surface area contributed by atoms with E-state index in [1.807, 2.05) is 0 Å². The highest BCUT2D eigenvalue weighted by Gasteiger charge is 2.31. The zero-order valence-electron chi connectivity index (χ0n) is 8.21. The van der Waals surface area contributed by atoms with E-state index in [0.29, 0.717) is 0 Å². The van der Waals surface area contributed by atoms with E-state index in [0.717, 1.165) is 0 Å². The molecular formula is C8H16O6. The van der Waals surface area contributed by atoms with Crippen molar-refractivity contribution >= 4 is 5.78 Å². The van der Waals surface area contributed by atoms with Crippen molar-refractivity contribution in [3.63, 3.8) is 0 Å². The van der Waals surface area contributed by atoms with Crippen LogP contribution in [-0.2, 0) is 14.3 Å². The van der Waals surface area contributed by atoms with Crippen LogP contribution >= 0.6 is 0 Å². The summed E-state index contributed by atoms with van der Waals surface area (Å²) < 4.78 is 9.26. The van der Waals surface area contributed by atoms with E-state index in [4.69, 9.17) is 14.9 Å². The van der Waals surface area contributed by atoms with Gasteiger partial charge >= 0.3 is 0 Å². The lowest BCUT2D eigenvalue weighted by Crippen LogP contribution is -2.46. The molecule has 0 aromatic heterocycles. The Kier molecular flexibility index (Phi) is 6.60. The molecule has 0 aromatic rings. The number of hydrogen-bond donors (Lipinski definition) is 3. The molecular weight excluding hydrogens is 192 g/mol. The highest BCUT2D eigenvalue weighted by molar-refractivity contribution is 5.84. The Morgan fingerprint density at radius 3 is 2.29 bits per heavy atom. The second kappa shape index (κ2) is 6.86. The van der Waals surface area contributed by atoms with Gasteiger partial charge in [-0.05, 0) is 0 Å². The standard InChI is InChI=1S/C8H16O6/c1-13-4-6(11)8(14-2)7(12)5(10)3-9/h5,7-10,12H,3-4H2,1-2H3/t5-,7-,8-/m1/s1. The number of carbonyl (C=O) groups is 1. The molecule has 0 aliphatic carbocycles. The van der Waals surface area contributed by atoms with Gasteiger partial charge in [0.2, 0.25) is 0 Å². The molecule has 3 N–H and O–H groups in total. The second-order valence-corrected chi connectivity index (χ2v) is 2.80. The number of carbonyl (C=O) groups excluding carboxylic acids is 1. The summed E-state index contributed by atoms with van der Waals surface area (Å²) in [4.78, 5) is 11.2. The van der Waals surface area contributed by atoms with Crippen LogP contribution in [0.4, 0.5) is 0 Å². The van der Waals surface area contributed by atoms with Gasteiger partial charge in [-0.2, -0.15) is 0 Å². The molecule has 14 heavy (non-hydrogen) atoms. The number of ketones is 1. The molecule has 0 rings (SSSR count). The fraction of sp³-hybridized carbons (Fsp3) is 0.875. The third-order valence-corrected chi connectivity index (χ3v) is 1.75. The van der Waals surface area contributed by atoms with E-state index < -0.39 is 30.7 Å². The fourth-order valence-corrected chi connectivity index (χ4v) is 0.995. The molecule has 0 heterocycles. The zero-order valence-corrected chi connectivity index (χ0v) is 8.21. The Bertz CT molecular complexity index is 171. The molecule has 6 heteroatoms. The Balaban J connectivity index is 4.31. The largest absolute Gasteiger partial charge is 0.394 e. The monoisotopic (exact) mass is 208 g/mol. The van der Waals surface area contributed by atoms with E-state index in [1.54, 1.807) is 0 Å². The SMILES string of the molecule is COCC(=O)[C@@H](OC)[C@H](O)[C@H](O)CO. The molecule has 0 radical (unpaired) electrons. The molecule has 3 atom stereocenters. The molecule has 0 saturated carbocycles. The minimum Gasteiger partial charge on any atom is -0.394 e. The number of rotatable bonds is 7. The van der Waals surface area contributed by atoms with Gasteiger partial charge in [0.1, 0.15) is 24.9 Å². The fourth-order valence-electron chi connectivity index (χ4n) is 0.995. The molecule has 0 unspecified atom stereocenters. The molecule has 0 spiro atoms. The van der Waals surface area contributed by atoms with Crippen molar-refractivity contribution in [1.29, 1.82) is 0 Å². The van der Waals surface area contributed by atoms with Crippen LogP contribution in [0.2, 0.25) is 0 Å². The predicted octanol–water partition coefficient (Wildman–Crippen LogP) is -2.07. The first-order valence-electron chi connectivity index (χ1n) is 4.09. The van der Waals surface area contributed by atoms with Gasteiger partial charge in [-0.3, -0.25) is 4.79 Å². The van der Waals surface area contributed by atoms with Gasteiger partial charge in [-0.25, -0.2) is 0 Å². The first-order valence-corrected chi connectivity index (χ1v) is 4.09. The van der Waals surface area contributed by atoms with Gasteiger partial charge in [0.15, 0.2) is 5.78 Å². The van der Waals surface area contributed by atoms with Gasteiger partial charge in [-0.15, -0.1) is 0 Å². The molecule has 0 aliphatic rings. The van der Waals surface area contributed by atoms with Gasteiger partial charge in [0.05, 0.1) is 6.61 Å². The maximum absolute atomic E-state index is 11.2. The normalized spacial score (nSPS) is 17.5. The van der Waals surface area contributed by atoms with Crippen molar-refractivity contribution in [3.05, 3.63) is 0 Å². The lowest BCUT2D eigenvalue weighted by molar-refractivity contribution is -0.147. The van der Waals surface area contributed by atoms with E-state index in [9.17, 15) is 9.90 Å². The summed E-state index contributed by atoms with van der Waals surface area (Å²) >= 11 is 0. The Morgan fingerprint density at radius 1 is 1.36 bits per heavy atom. The summed E-state index contributed by atoms with van der Waals surface area (Å²) in [7, 11) is 2.56. The Hall–Kier alpha value is -0.530. The minimum atomic E-state index is -1.45. The van der Waals surface area contributed by atoms with E-state index in [-0.39, 0.29) is 6.61 Å². The van der Waals surface area contributed by atoms with E-state index in [1.165, 1.54) is 14.2 Å². The van der Waals surface area contributed by atoms with E-state index >= 15 is 0 Å². The van der Waals surface area contributed by atoms with Crippen LogP contribution in [0.3, 0.4) is 0 Å².